The number of ether oxygens (including phenoxy) is 1. The highest BCUT2D eigenvalue weighted by Crippen LogP contribution is 2.29. The van der Waals surface area contributed by atoms with Crippen molar-refractivity contribution in [3.05, 3.63) is 23.3 Å². The van der Waals surface area contributed by atoms with Gasteiger partial charge in [0.25, 0.3) is 0 Å². The highest BCUT2D eigenvalue weighted by Gasteiger charge is 2.04. The van der Waals surface area contributed by atoms with Crippen molar-refractivity contribution in [2.75, 3.05) is 7.11 Å². The zero-order valence-electron chi connectivity index (χ0n) is 7.72. The molecule has 1 rings (SSSR count). The van der Waals surface area contributed by atoms with Crippen molar-refractivity contribution < 1.29 is 9.84 Å². The summed E-state index contributed by atoms with van der Waals surface area (Å²) < 4.78 is 4.99. The van der Waals surface area contributed by atoms with Crippen LogP contribution in [-0.4, -0.2) is 12.2 Å². The van der Waals surface area contributed by atoms with E-state index in [0.29, 0.717) is 5.75 Å². The van der Waals surface area contributed by atoms with E-state index in [2.05, 4.69) is 6.92 Å². The van der Waals surface area contributed by atoms with E-state index in [0.717, 1.165) is 12.0 Å². The highest BCUT2D eigenvalue weighted by atomic mass is 16.5. The number of phenolic OH excluding ortho intramolecular Hbond substituents is 1. The first-order valence-electron chi connectivity index (χ1n) is 4.05. The lowest BCUT2D eigenvalue weighted by Crippen LogP contribution is -1.90. The fourth-order valence-corrected chi connectivity index (χ4v) is 1.26. The summed E-state index contributed by atoms with van der Waals surface area (Å²) >= 11 is 0. The highest BCUT2D eigenvalue weighted by molar-refractivity contribution is 5.45. The summed E-state index contributed by atoms with van der Waals surface area (Å²) in [6.45, 7) is 4.07. The van der Waals surface area contributed by atoms with Crippen LogP contribution < -0.4 is 4.74 Å². The molecule has 0 aromatic heterocycles. The second-order valence-corrected chi connectivity index (χ2v) is 2.80. The maximum absolute atomic E-state index is 9.39. The minimum absolute atomic E-state index is 0.215. The van der Waals surface area contributed by atoms with Gasteiger partial charge in [0.2, 0.25) is 0 Å². The standard InChI is InChI=1S/C10H14O2/c1-4-8-6-10(12-3)9(11)5-7(8)2/h5-6,11H,4H2,1-3H3. The van der Waals surface area contributed by atoms with Gasteiger partial charge >= 0.3 is 0 Å². The van der Waals surface area contributed by atoms with Crippen LogP contribution in [0.5, 0.6) is 11.5 Å². The Morgan fingerprint density at radius 1 is 1.42 bits per heavy atom. The van der Waals surface area contributed by atoms with Crippen LogP contribution in [0.25, 0.3) is 0 Å². The molecule has 0 saturated heterocycles. The average Bonchev–Trinajstić information content (AvgIpc) is 2.05. The Bertz CT molecular complexity index is 254. The molecule has 1 aromatic rings. The lowest BCUT2D eigenvalue weighted by Gasteiger charge is -2.08. The Labute approximate surface area is 72.8 Å². The molecular weight excluding hydrogens is 152 g/mol. The Morgan fingerprint density at radius 2 is 2.08 bits per heavy atom. The maximum atomic E-state index is 9.39. The summed E-state index contributed by atoms with van der Waals surface area (Å²) in [7, 11) is 1.56. The van der Waals surface area contributed by atoms with Gasteiger partial charge < -0.3 is 9.84 Å². The summed E-state index contributed by atoms with van der Waals surface area (Å²) in [5.74, 6) is 0.768. The molecule has 1 aromatic carbocycles. The quantitative estimate of drug-likeness (QED) is 0.730. The normalized spacial score (nSPS) is 9.92. The van der Waals surface area contributed by atoms with Crippen molar-refractivity contribution in [2.45, 2.75) is 20.3 Å². The van der Waals surface area contributed by atoms with E-state index < -0.39 is 0 Å². The van der Waals surface area contributed by atoms with Gasteiger partial charge in [-0.1, -0.05) is 6.92 Å². The third-order valence-electron chi connectivity index (χ3n) is 2.02. The number of aryl methyl sites for hydroxylation is 2. The van der Waals surface area contributed by atoms with E-state index in [1.807, 2.05) is 13.0 Å². The second kappa shape index (κ2) is 3.48. The zero-order chi connectivity index (χ0) is 9.14. The van der Waals surface area contributed by atoms with Crippen molar-refractivity contribution in [1.29, 1.82) is 0 Å². The largest absolute Gasteiger partial charge is 0.504 e. The predicted molar refractivity (Wildman–Crippen MR) is 48.8 cm³/mol. The summed E-state index contributed by atoms with van der Waals surface area (Å²) in [6, 6.07) is 3.61. The van der Waals surface area contributed by atoms with Crippen LogP contribution in [0.4, 0.5) is 0 Å². The van der Waals surface area contributed by atoms with Crippen molar-refractivity contribution in [3.63, 3.8) is 0 Å². The Kier molecular flexibility index (Phi) is 2.58. The molecule has 0 amide bonds. The van der Waals surface area contributed by atoms with E-state index in [-0.39, 0.29) is 5.75 Å². The Balaban J connectivity index is 3.18. The molecule has 0 aliphatic heterocycles. The predicted octanol–water partition coefficient (Wildman–Crippen LogP) is 2.27. The third-order valence-corrected chi connectivity index (χ3v) is 2.02. The van der Waals surface area contributed by atoms with Gasteiger partial charge in [-0.2, -0.15) is 0 Å². The van der Waals surface area contributed by atoms with Gasteiger partial charge in [0.1, 0.15) is 0 Å². The minimum atomic E-state index is 0.215. The number of hydrogen-bond acceptors (Lipinski definition) is 2. The van der Waals surface area contributed by atoms with Gasteiger partial charge in [-0.15, -0.1) is 0 Å². The average molecular weight is 166 g/mol. The van der Waals surface area contributed by atoms with Gasteiger partial charge in [0.05, 0.1) is 7.11 Å². The molecule has 0 aliphatic rings. The Hall–Kier alpha value is -1.18. The summed E-state index contributed by atoms with van der Waals surface area (Å²) in [5, 5.41) is 9.39. The first-order chi connectivity index (χ1) is 5.69. The van der Waals surface area contributed by atoms with Crippen molar-refractivity contribution >= 4 is 0 Å². The lowest BCUT2D eigenvalue weighted by atomic mass is 10.1. The smallest absolute Gasteiger partial charge is 0.160 e. The van der Waals surface area contributed by atoms with Crippen LogP contribution in [0.1, 0.15) is 18.1 Å². The number of methoxy groups -OCH3 is 1. The Morgan fingerprint density at radius 3 is 2.58 bits per heavy atom. The van der Waals surface area contributed by atoms with Crippen LogP contribution in [-0.2, 0) is 6.42 Å². The second-order valence-electron chi connectivity index (χ2n) is 2.80. The van der Waals surface area contributed by atoms with E-state index in [4.69, 9.17) is 4.74 Å². The molecule has 0 spiro atoms. The van der Waals surface area contributed by atoms with E-state index in [1.54, 1.807) is 13.2 Å². The van der Waals surface area contributed by atoms with Gasteiger partial charge in [0.15, 0.2) is 11.5 Å². The summed E-state index contributed by atoms with van der Waals surface area (Å²) in [5.41, 5.74) is 2.32. The molecule has 2 heteroatoms. The molecule has 2 nitrogen and oxygen atoms in total. The van der Waals surface area contributed by atoms with Crippen LogP contribution in [0.3, 0.4) is 0 Å². The molecule has 0 unspecified atom stereocenters. The number of rotatable bonds is 2. The molecule has 0 atom stereocenters. The van der Waals surface area contributed by atoms with Gasteiger partial charge in [-0.3, -0.25) is 0 Å². The molecule has 0 heterocycles. The topological polar surface area (TPSA) is 29.5 Å². The maximum Gasteiger partial charge on any atom is 0.160 e. The molecule has 0 fully saturated rings. The summed E-state index contributed by atoms with van der Waals surface area (Å²) in [4.78, 5) is 0. The fourth-order valence-electron chi connectivity index (χ4n) is 1.26. The fraction of sp³-hybridized carbons (Fsp3) is 0.400. The van der Waals surface area contributed by atoms with Crippen LogP contribution >= 0.6 is 0 Å². The number of hydrogen-bond donors (Lipinski definition) is 1. The number of benzene rings is 1. The van der Waals surface area contributed by atoms with E-state index >= 15 is 0 Å². The van der Waals surface area contributed by atoms with Crippen LogP contribution in [0, 0.1) is 6.92 Å². The van der Waals surface area contributed by atoms with Crippen LogP contribution in [0.2, 0.25) is 0 Å². The lowest BCUT2D eigenvalue weighted by molar-refractivity contribution is 0.372. The first-order valence-corrected chi connectivity index (χ1v) is 4.05. The molecule has 0 bridgehead atoms. The molecule has 0 saturated carbocycles. The molecular formula is C10H14O2. The molecule has 12 heavy (non-hydrogen) atoms. The zero-order valence-corrected chi connectivity index (χ0v) is 7.72. The monoisotopic (exact) mass is 166 g/mol. The van der Waals surface area contributed by atoms with Gasteiger partial charge in [0, 0.05) is 0 Å². The number of aromatic hydroxyl groups is 1. The SMILES string of the molecule is CCc1cc(OC)c(O)cc1C. The molecule has 66 valence electrons. The van der Waals surface area contributed by atoms with Crippen LogP contribution in [0.15, 0.2) is 12.1 Å². The minimum Gasteiger partial charge on any atom is -0.504 e. The van der Waals surface area contributed by atoms with E-state index in [1.165, 1.54) is 5.56 Å². The summed E-state index contributed by atoms with van der Waals surface area (Å²) in [6.07, 6.45) is 0.961. The van der Waals surface area contributed by atoms with Crippen molar-refractivity contribution in [2.24, 2.45) is 0 Å². The molecule has 0 aliphatic carbocycles. The third kappa shape index (κ3) is 1.52. The molecule has 0 radical (unpaired) electrons. The molecule has 1 N–H and O–H groups in total. The first kappa shape index (κ1) is 8.91. The van der Waals surface area contributed by atoms with Gasteiger partial charge in [-0.25, -0.2) is 0 Å². The van der Waals surface area contributed by atoms with Gasteiger partial charge in [-0.05, 0) is 36.6 Å². The van der Waals surface area contributed by atoms with Crippen molar-refractivity contribution in [3.8, 4) is 11.5 Å². The van der Waals surface area contributed by atoms with Crippen molar-refractivity contribution in [1.82, 2.24) is 0 Å². The number of phenols is 1. The van der Waals surface area contributed by atoms with E-state index in [9.17, 15) is 5.11 Å².